The molecule has 0 fully saturated rings. The normalized spacial score (nSPS) is 11.2. The maximum absolute atomic E-state index is 12.6. The molecule has 0 bridgehead atoms. The van der Waals surface area contributed by atoms with E-state index >= 15 is 0 Å². The van der Waals surface area contributed by atoms with Gasteiger partial charge in [-0.15, -0.1) is 0 Å². The van der Waals surface area contributed by atoms with Crippen LogP contribution in [0.3, 0.4) is 0 Å². The van der Waals surface area contributed by atoms with Gasteiger partial charge in [0.1, 0.15) is 11.4 Å². The number of carbonyl (C=O) groups excluding carboxylic acids is 1. The Balaban J connectivity index is 2.36. The monoisotopic (exact) mass is 225 g/mol. The van der Waals surface area contributed by atoms with E-state index in [0.29, 0.717) is 13.0 Å². The van der Waals surface area contributed by atoms with E-state index in [9.17, 15) is 14.3 Å². The Morgan fingerprint density at radius 2 is 1.94 bits per heavy atom. The molecule has 0 saturated carbocycles. The molecular formula is C12H16FNO2. The minimum absolute atomic E-state index is 0.274. The second-order valence-corrected chi connectivity index (χ2v) is 4.19. The van der Waals surface area contributed by atoms with Crippen LogP contribution in [0, 0.1) is 5.82 Å². The SMILES string of the molecule is CC(C)(O)C(=O)NCCc1ccc(F)cc1. The van der Waals surface area contributed by atoms with Gasteiger partial charge in [-0.3, -0.25) is 4.79 Å². The molecule has 0 saturated heterocycles. The summed E-state index contributed by atoms with van der Waals surface area (Å²) in [5.41, 5.74) is -0.416. The molecule has 0 heterocycles. The van der Waals surface area contributed by atoms with Gasteiger partial charge in [0, 0.05) is 6.54 Å². The minimum Gasteiger partial charge on any atom is -0.381 e. The predicted octanol–water partition coefficient (Wildman–Crippen LogP) is 1.26. The molecule has 0 aliphatic heterocycles. The molecular weight excluding hydrogens is 209 g/mol. The molecule has 1 amide bonds. The van der Waals surface area contributed by atoms with Crippen molar-refractivity contribution >= 4 is 5.91 Å². The van der Waals surface area contributed by atoms with Crippen LogP contribution < -0.4 is 5.32 Å². The number of halogens is 1. The van der Waals surface area contributed by atoms with E-state index in [1.807, 2.05) is 0 Å². The largest absolute Gasteiger partial charge is 0.381 e. The Labute approximate surface area is 94.3 Å². The molecule has 0 radical (unpaired) electrons. The average molecular weight is 225 g/mol. The van der Waals surface area contributed by atoms with E-state index in [1.165, 1.54) is 26.0 Å². The highest BCUT2D eigenvalue weighted by molar-refractivity contribution is 5.83. The molecule has 0 aliphatic carbocycles. The van der Waals surface area contributed by atoms with Gasteiger partial charge in [-0.2, -0.15) is 0 Å². The molecule has 1 rings (SSSR count). The molecule has 88 valence electrons. The lowest BCUT2D eigenvalue weighted by molar-refractivity contribution is -0.136. The molecule has 1 aromatic carbocycles. The van der Waals surface area contributed by atoms with Crippen molar-refractivity contribution in [1.29, 1.82) is 0 Å². The average Bonchev–Trinajstić information content (AvgIpc) is 2.19. The van der Waals surface area contributed by atoms with Gasteiger partial charge >= 0.3 is 0 Å². The van der Waals surface area contributed by atoms with Gasteiger partial charge in [-0.25, -0.2) is 4.39 Å². The summed E-state index contributed by atoms with van der Waals surface area (Å²) in [7, 11) is 0. The number of carbonyl (C=O) groups is 1. The van der Waals surface area contributed by atoms with Crippen molar-refractivity contribution in [2.24, 2.45) is 0 Å². The van der Waals surface area contributed by atoms with Crippen molar-refractivity contribution in [2.45, 2.75) is 25.9 Å². The number of hydrogen-bond acceptors (Lipinski definition) is 2. The third-order valence-corrected chi connectivity index (χ3v) is 2.17. The summed E-state index contributed by atoms with van der Waals surface area (Å²) in [6.45, 7) is 3.29. The second-order valence-electron chi connectivity index (χ2n) is 4.19. The number of amides is 1. The van der Waals surface area contributed by atoms with Crippen molar-refractivity contribution in [2.75, 3.05) is 6.54 Å². The van der Waals surface area contributed by atoms with Crippen LogP contribution in [0.5, 0.6) is 0 Å². The van der Waals surface area contributed by atoms with Crippen LogP contribution in [0.25, 0.3) is 0 Å². The van der Waals surface area contributed by atoms with E-state index in [4.69, 9.17) is 0 Å². The number of nitrogens with one attached hydrogen (secondary N) is 1. The van der Waals surface area contributed by atoms with Crippen LogP contribution in [0.2, 0.25) is 0 Å². The topological polar surface area (TPSA) is 49.3 Å². The van der Waals surface area contributed by atoms with Gasteiger partial charge in [-0.1, -0.05) is 12.1 Å². The lowest BCUT2D eigenvalue weighted by Crippen LogP contribution is -2.42. The summed E-state index contributed by atoms with van der Waals surface area (Å²) >= 11 is 0. The first-order chi connectivity index (χ1) is 7.39. The Morgan fingerprint density at radius 1 is 1.38 bits per heavy atom. The Hall–Kier alpha value is -1.42. The zero-order valence-electron chi connectivity index (χ0n) is 9.46. The summed E-state index contributed by atoms with van der Waals surface area (Å²) in [4.78, 5) is 11.3. The summed E-state index contributed by atoms with van der Waals surface area (Å²) < 4.78 is 12.6. The predicted molar refractivity (Wildman–Crippen MR) is 59.4 cm³/mol. The fourth-order valence-corrected chi connectivity index (χ4v) is 1.19. The van der Waals surface area contributed by atoms with Gasteiger partial charge in [0.2, 0.25) is 0 Å². The highest BCUT2D eigenvalue weighted by Crippen LogP contribution is 2.04. The lowest BCUT2D eigenvalue weighted by atomic mass is 10.1. The fraction of sp³-hybridized carbons (Fsp3) is 0.417. The Morgan fingerprint density at radius 3 is 2.44 bits per heavy atom. The van der Waals surface area contributed by atoms with Crippen molar-refractivity contribution in [3.63, 3.8) is 0 Å². The van der Waals surface area contributed by atoms with Crippen molar-refractivity contribution in [1.82, 2.24) is 5.32 Å². The Kier molecular flexibility index (Phi) is 4.01. The van der Waals surface area contributed by atoms with Crippen LogP contribution in [-0.2, 0) is 11.2 Å². The van der Waals surface area contributed by atoms with Gasteiger partial charge < -0.3 is 10.4 Å². The van der Waals surface area contributed by atoms with E-state index in [2.05, 4.69) is 5.32 Å². The summed E-state index contributed by atoms with van der Waals surface area (Å²) in [6.07, 6.45) is 0.613. The zero-order valence-corrected chi connectivity index (χ0v) is 9.46. The lowest BCUT2D eigenvalue weighted by Gasteiger charge is -2.16. The molecule has 0 aliphatic rings. The molecule has 1 aromatic rings. The molecule has 3 nitrogen and oxygen atoms in total. The molecule has 2 N–H and O–H groups in total. The minimum atomic E-state index is -1.36. The fourth-order valence-electron chi connectivity index (χ4n) is 1.19. The number of aliphatic hydroxyl groups is 1. The van der Waals surface area contributed by atoms with Crippen LogP contribution in [0.4, 0.5) is 4.39 Å². The first kappa shape index (κ1) is 12.6. The molecule has 0 spiro atoms. The Bertz CT molecular complexity index is 354. The summed E-state index contributed by atoms with van der Waals surface area (Å²) in [6, 6.07) is 6.11. The molecule has 0 aromatic heterocycles. The van der Waals surface area contributed by atoms with Crippen LogP contribution in [0.15, 0.2) is 24.3 Å². The van der Waals surface area contributed by atoms with E-state index in [0.717, 1.165) is 5.56 Å². The third-order valence-electron chi connectivity index (χ3n) is 2.17. The zero-order chi connectivity index (χ0) is 12.2. The first-order valence-corrected chi connectivity index (χ1v) is 5.15. The van der Waals surface area contributed by atoms with E-state index < -0.39 is 11.5 Å². The van der Waals surface area contributed by atoms with Crippen LogP contribution in [-0.4, -0.2) is 23.2 Å². The maximum Gasteiger partial charge on any atom is 0.251 e. The first-order valence-electron chi connectivity index (χ1n) is 5.15. The van der Waals surface area contributed by atoms with E-state index in [-0.39, 0.29) is 5.82 Å². The van der Waals surface area contributed by atoms with Crippen LogP contribution >= 0.6 is 0 Å². The van der Waals surface area contributed by atoms with Crippen molar-refractivity contribution < 1.29 is 14.3 Å². The number of hydrogen-bond donors (Lipinski definition) is 2. The van der Waals surface area contributed by atoms with Crippen LogP contribution in [0.1, 0.15) is 19.4 Å². The molecule has 4 heteroatoms. The highest BCUT2D eigenvalue weighted by Gasteiger charge is 2.22. The van der Waals surface area contributed by atoms with Gasteiger partial charge in [0.25, 0.3) is 5.91 Å². The van der Waals surface area contributed by atoms with Crippen molar-refractivity contribution in [3.8, 4) is 0 Å². The maximum atomic E-state index is 12.6. The molecule has 16 heavy (non-hydrogen) atoms. The summed E-state index contributed by atoms with van der Waals surface area (Å²) in [5, 5.41) is 12.0. The number of rotatable bonds is 4. The molecule has 0 atom stereocenters. The van der Waals surface area contributed by atoms with Gasteiger partial charge in [0.15, 0.2) is 0 Å². The number of benzene rings is 1. The van der Waals surface area contributed by atoms with Gasteiger partial charge in [-0.05, 0) is 38.0 Å². The molecule has 0 unspecified atom stereocenters. The highest BCUT2D eigenvalue weighted by atomic mass is 19.1. The quantitative estimate of drug-likeness (QED) is 0.810. The standard InChI is InChI=1S/C12H16FNO2/c1-12(2,16)11(15)14-8-7-9-3-5-10(13)6-4-9/h3-6,16H,7-8H2,1-2H3,(H,14,15). The van der Waals surface area contributed by atoms with E-state index in [1.54, 1.807) is 12.1 Å². The second kappa shape index (κ2) is 5.07. The summed E-state index contributed by atoms with van der Waals surface area (Å²) in [5.74, 6) is -0.682. The van der Waals surface area contributed by atoms with Gasteiger partial charge in [0.05, 0.1) is 0 Å². The smallest absolute Gasteiger partial charge is 0.251 e. The third kappa shape index (κ3) is 3.98. The van der Waals surface area contributed by atoms with Crippen molar-refractivity contribution in [3.05, 3.63) is 35.6 Å².